The van der Waals surface area contributed by atoms with E-state index in [0.717, 1.165) is 16.9 Å². The van der Waals surface area contributed by atoms with Crippen LogP contribution in [0.2, 0.25) is 5.02 Å². The number of hydrogen-bond acceptors (Lipinski definition) is 3. The maximum atomic E-state index is 9.92. The summed E-state index contributed by atoms with van der Waals surface area (Å²) < 4.78 is 6.23. The summed E-state index contributed by atoms with van der Waals surface area (Å²) in [5.74, 6) is 0.762. The van der Waals surface area contributed by atoms with Gasteiger partial charge in [0, 0.05) is 29.4 Å². The molecule has 2 aromatic carbocycles. The van der Waals surface area contributed by atoms with Crippen molar-refractivity contribution in [2.75, 3.05) is 0 Å². The third-order valence-electron chi connectivity index (χ3n) is 4.40. The van der Waals surface area contributed by atoms with Gasteiger partial charge >= 0.3 is 0 Å². The van der Waals surface area contributed by atoms with E-state index in [2.05, 4.69) is 11.1 Å². The molecule has 1 aromatic heterocycles. The minimum atomic E-state index is -0.722. The van der Waals surface area contributed by atoms with Crippen molar-refractivity contribution in [1.82, 2.24) is 4.98 Å². The van der Waals surface area contributed by atoms with Gasteiger partial charge in [-0.15, -0.1) is 0 Å². The zero-order chi connectivity index (χ0) is 18.4. The molecule has 2 unspecified atom stereocenters. The Morgan fingerprint density at radius 1 is 1.08 bits per heavy atom. The van der Waals surface area contributed by atoms with Crippen LogP contribution in [0.4, 0.5) is 0 Å². The zero-order valence-electron chi connectivity index (χ0n) is 14.5. The van der Waals surface area contributed by atoms with Gasteiger partial charge in [0.15, 0.2) is 0 Å². The lowest BCUT2D eigenvalue weighted by Crippen LogP contribution is -2.25. The van der Waals surface area contributed by atoms with Gasteiger partial charge in [0.25, 0.3) is 0 Å². The molecule has 3 rings (SSSR count). The van der Waals surface area contributed by atoms with Crippen LogP contribution in [-0.4, -0.2) is 4.98 Å². The molecule has 0 aliphatic heterocycles. The van der Waals surface area contributed by atoms with E-state index < -0.39 is 5.41 Å². The molecule has 4 heteroatoms. The van der Waals surface area contributed by atoms with E-state index in [1.54, 1.807) is 12.4 Å². The van der Waals surface area contributed by atoms with Gasteiger partial charge in [0.2, 0.25) is 0 Å². The molecule has 26 heavy (non-hydrogen) atoms. The van der Waals surface area contributed by atoms with Crippen molar-refractivity contribution in [1.29, 1.82) is 5.26 Å². The fourth-order valence-corrected chi connectivity index (χ4v) is 3.00. The highest BCUT2D eigenvalue weighted by molar-refractivity contribution is 6.30. The normalized spacial score (nSPS) is 14.0. The van der Waals surface area contributed by atoms with Crippen LogP contribution >= 0.6 is 11.6 Å². The fourth-order valence-electron chi connectivity index (χ4n) is 2.87. The van der Waals surface area contributed by atoms with Gasteiger partial charge in [-0.05, 0) is 42.8 Å². The molecule has 0 fully saturated rings. The second-order valence-electron chi connectivity index (χ2n) is 6.36. The lowest BCUT2D eigenvalue weighted by Gasteiger charge is -2.28. The first-order valence-corrected chi connectivity index (χ1v) is 8.77. The molecule has 1 heterocycles. The van der Waals surface area contributed by atoms with E-state index in [4.69, 9.17) is 16.3 Å². The molecule has 3 aromatic rings. The second-order valence-corrected chi connectivity index (χ2v) is 6.80. The average molecular weight is 363 g/mol. The first-order valence-electron chi connectivity index (χ1n) is 8.40. The second kappa shape index (κ2) is 8.03. The van der Waals surface area contributed by atoms with Crippen molar-refractivity contribution in [3.8, 4) is 11.8 Å². The molecular formula is C22H19ClN2O. The van der Waals surface area contributed by atoms with Crippen LogP contribution in [-0.2, 0) is 5.41 Å². The number of rotatable bonds is 6. The molecule has 0 saturated heterocycles. The molecule has 0 amide bonds. The van der Waals surface area contributed by atoms with Crippen LogP contribution in [0, 0.1) is 11.3 Å². The van der Waals surface area contributed by atoms with Crippen LogP contribution in [0.5, 0.6) is 5.75 Å². The van der Waals surface area contributed by atoms with E-state index in [1.807, 2.05) is 73.7 Å². The van der Waals surface area contributed by atoms with Crippen LogP contribution < -0.4 is 4.74 Å². The summed E-state index contributed by atoms with van der Waals surface area (Å²) in [5.41, 5.74) is 1.13. The molecule has 0 saturated carbocycles. The summed E-state index contributed by atoms with van der Waals surface area (Å²) >= 11 is 6.00. The van der Waals surface area contributed by atoms with Gasteiger partial charge in [0.1, 0.15) is 11.9 Å². The number of pyridine rings is 1. The maximum absolute atomic E-state index is 9.92. The van der Waals surface area contributed by atoms with Crippen LogP contribution in [0.3, 0.4) is 0 Å². The predicted octanol–water partition coefficient (Wildman–Crippen LogP) is 5.73. The van der Waals surface area contributed by atoms with Crippen LogP contribution in [0.25, 0.3) is 0 Å². The smallest absolute Gasteiger partial charge is 0.127 e. The number of ether oxygens (including phenoxy) is 1. The molecule has 3 nitrogen and oxygen atoms in total. The Kier molecular flexibility index (Phi) is 5.55. The van der Waals surface area contributed by atoms with Gasteiger partial charge in [0.05, 0.1) is 11.5 Å². The van der Waals surface area contributed by atoms with E-state index in [1.165, 1.54) is 0 Å². The van der Waals surface area contributed by atoms with Crippen molar-refractivity contribution in [2.24, 2.45) is 0 Å². The summed E-state index contributed by atoms with van der Waals surface area (Å²) in [7, 11) is 0. The van der Waals surface area contributed by atoms with Gasteiger partial charge in [-0.3, -0.25) is 4.98 Å². The quantitative estimate of drug-likeness (QED) is 0.562. The Morgan fingerprint density at radius 2 is 1.81 bits per heavy atom. The minimum Gasteiger partial charge on any atom is -0.486 e. The van der Waals surface area contributed by atoms with E-state index in [9.17, 15) is 5.26 Å². The molecule has 2 atom stereocenters. The van der Waals surface area contributed by atoms with Crippen molar-refractivity contribution < 1.29 is 4.74 Å². The first kappa shape index (κ1) is 18.0. The lowest BCUT2D eigenvalue weighted by atomic mass is 9.78. The highest BCUT2D eigenvalue weighted by atomic mass is 35.5. The highest BCUT2D eigenvalue weighted by Gasteiger charge is 2.32. The summed E-state index contributed by atoms with van der Waals surface area (Å²) in [4.78, 5) is 4.21. The number of aromatic nitrogens is 1. The number of nitriles is 1. The zero-order valence-corrected chi connectivity index (χ0v) is 15.2. The summed E-state index contributed by atoms with van der Waals surface area (Å²) in [6.07, 6.45) is 3.71. The Hall–Kier alpha value is -2.83. The van der Waals surface area contributed by atoms with Crippen molar-refractivity contribution >= 4 is 11.6 Å². The van der Waals surface area contributed by atoms with Gasteiger partial charge in [-0.1, -0.05) is 48.0 Å². The van der Waals surface area contributed by atoms with Crippen LogP contribution in [0.1, 0.15) is 30.6 Å². The Labute approximate surface area is 158 Å². The molecule has 130 valence electrons. The number of para-hydroxylation sites is 1. The topological polar surface area (TPSA) is 45.9 Å². The van der Waals surface area contributed by atoms with Crippen molar-refractivity contribution in [2.45, 2.75) is 24.9 Å². The highest BCUT2D eigenvalue weighted by Crippen LogP contribution is 2.36. The standard InChI is InChI=1S/C22H19ClN2O/c1-22(16-24,18-9-11-19(23)12-10-18)14-21(17-6-5-13-25-15-17)26-20-7-3-2-4-8-20/h2-13,15,21H,14H2,1H3. The van der Waals surface area contributed by atoms with E-state index >= 15 is 0 Å². The van der Waals surface area contributed by atoms with Crippen LogP contribution in [0.15, 0.2) is 79.1 Å². The maximum Gasteiger partial charge on any atom is 0.127 e. The molecular weight excluding hydrogens is 344 g/mol. The fraction of sp³-hybridized carbons (Fsp3) is 0.182. The molecule has 0 aliphatic rings. The SMILES string of the molecule is CC(C#N)(CC(Oc1ccccc1)c1cccnc1)c1ccc(Cl)cc1. The molecule has 0 spiro atoms. The van der Waals surface area contributed by atoms with Gasteiger partial charge in [-0.2, -0.15) is 5.26 Å². The summed E-state index contributed by atoms with van der Waals surface area (Å²) in [5, 5.41) is 10.6. The minimum absolute atomic E-state index is 0.300. The van der Waals surface area contributed by atoms with E-state index in [0.29, 0.717) is 11.4 Å². The van der Waals surface area contributed by atoms with Gasteiger partial charge in [-0.25, -0.2) is 0 Å². The third-order valence-corrected chi connectivity index (χ3v) is 4.65. The predicted molar refractivity (Wildman–Crippen MR) is 103 cm³/mol. The molecule has 0 N–H and O–H groups in total. The Balaban J connectivity index is 1.93. The lowest BCUT2D eigenvalue weighted by molar-refractivity contribution is 0.174. The largest absolute Gasteiger partial charge is 0.486 e. The van der Waals surface area contributed by atoms with Crippen molar-refractivity contribution in [3.63, 3.8) is 0 Å². The Bertz CT molecular complexity index is 876. The average Bonchev–Trinajstić information content (AvgIpc) is 2.69. The summed E-state index contributed by atoms with van der Waals surface area (Å²) in [6.45, 7) is 1.92. The number of halogens is 1. The van der Waals surface area contributed by atoms with Crippen molar-refractivity contribution in [3.05, 3.63) is 95.3 Å². The van der Waals surface area contributed by atoms with Gasteiger partial charge < -0.3 is 4.74 Å². The third kappa shape index (κ3) is 4.22. The molecule has 0 bridgehead atoms. The summed E-state index contributed by atoms with van der Waals surface area (Å²) in [6, 6.07) is 23.3. The monoisotopic (exact) mass is 362 g/mol. The van der Waals surface area contributed by atoms with E-state index in [-0.39, 0.29) is 6.10 Å². The first-order chi connectivity index (χ1) is 12.6. The molecule has 0 aliphatic carbocycles. The number of hydrogen-bond donors (Lipinski definition) is 0. The number of nitrogens with zero attached hydrogens (tertiary/aromatic N) is 2. The number of benzene rings is 2. The Morgan fingerprint density at radius 3 is 2.42 bits per heavy atom. The molecule has 0 radical (unpaired) electrons.